The topological polar surface area (TPSA) is 67.9 Å². The lowest BCUT2D eigenvalue weighted by Crippen LogP contribution is -2.23. The molecule has 134 valence electrons. The monoisotopic (exact) mass is 349 g/mol. The quantitative estimate of drug-likeness (QED) is 0.694. The predicted molar refractivity (Wildman–Crippen MR) is 98.2 cm³/mol. The highest BCUT2D eigenvalue weighted by atomic mass is 16.5. The van der Waals surface area contributed by atoms with Crippen LogP contribution < -0.4 is 0 Å². The minimum atomic E-state index is 0.307. The average molecular weight is 349 g/mol. The van der Waals surface area contributed by atoms with Crippen molar-refractivity contribution in [2.75, 3.05) is 6.54 Å². The van der Waals surface area contributed by atoms with Gasteiger partial charge in [-0.1, -0.05) is 25.1 Å². The highest BCUT2D eigenvalue weighted by Crippen LogP contribution is 2.33. The van der Waals surface area contributed by atoms with Gasteiger partial charge in [-0.05, 0) is 31.5 Å². The zero-order valence-electron chi connectivity index (χ0n) is 15.2. The Hall–Kier alpha value is -2.60. The molecule has 0 amide bonds. The molecule has 26 heavy (non-hydrogen) atoms. The summed E-state index contributed by atoms with van der Waals surface area (Å²) in [4.78, 5) is 15.7. The van der Waals surface area contributed by atoms with Crippen molar-refractivity contribution in [3.63, 3.8) is 0 Å². The third-order valence-electron chi connectivity index (χ3n) is 4.81. The van der Waals surface area contributed by atoms with E-state index in [9.17, 15) is 0 Å². The predicted octanol–water partition coefficient (Wildman–Crippen LogP) is 3.99. The fourth-order valence-corrected chi connectivity index (χ4v) is 3.38. The number of hydrogen-bond acceptors (Lipinski definition) is 6. The maximum atomic E-state index is 5.49. The van der Waals surface area contributed by atoms with E-state index in [1.807, 2.05) is 30.6 Å². The van der Waals surface area contributed by atoms with Crippen LogP contribution in [-0.2, 0) is 6.54 Å². The van der Waals surface area contributed by atoms with E-state index in [0.717, 1.165) is 42.2 Å². The normalized spacial score (nSPS) is 17.9. The van der Waals surface area contributed by atoms with E-state index < -0.39 is 0 Å². The first-order valence-electron chi connectivity index (χ1n) is 9.13. The molecular formula is C20H23N5O. The Morgan fingerprint density at radius 1 is 1.19 bits per heavy atom. The van der Waals surface area contributed by atoms with Crippen LogP contribution in [0.4, 0.5) is 0 Å². The number of hydrogen-bond donors (Lipinski definition) is 0. The second kappa shape index (κ2) is 7.33. The van der Waals surface area contributed by atoms with Crippen molar-refractivity contribution in [2.24, 2.45) is 0 Å². The van der Waals surface area contributed by atoms with Crippen LogP contribution >= 0.6 is 0 Å². The van der Waals surface area contributed by atoms with Gasteiger partial charge in [0.1, 0.15) is 17.1 Å². The lowest BCUT2D eigenvalue weighted by molar-refractivity contribution is 0.235. The Balaban J connectivity index is 1.47. The highest BCUT2D eigenvalue weighted by Gasteiger charge is 2.29. The Labute approximate surface area is 153 Å². The van der Waals surface area contributed by atoms with Crippen LogP contribution in [0, 0.1) is 0 Å². The van der Waals surface area contributed by atoms with Crippen LogP contribution in [-0.4, -0.2) is 31.6 Å². The number of aromatic nitrogens is 4. The molecule has 6 nitrogen and oxygen atoms in total. The van der Waals surface area contributed by atoms with Crippen LogP contribution in [0.5, 0.6) is 0 Å². The summed E-state index contributed by atoms with van der Waals surface area (Å²) in [7, 11) is 0. The van der Waals surface area contributed by atoms with E-state index in [4.69, 9.17) is 4.52 Å². The minimum Gasteiger partial charge on any atom is -0.361 e. The van der Waals surface area contributed by atoms with E-state index in [-0.39, 0.29) is 0 Å². The molecule has 1 atom stereocenters. The molecule has 1 aliphatic rings. The summed E-state index contributed by atoms with van der Waals surface area (Å²) in [5.41, 5.74) is 2.93. The smallest absolute Gasteiger partial charge is 0.178 e. The zero-order chi connectivity index (χ0) is 17.9. The summed E-state index contributed by atoms with van der Waals surface area (Å²) < 4.78 is 5.49. The van der Waals surface area contributed by atoms with Gasteiger partial charge in [-0.15, -0.1) is 0 Å². The van der Waals surface area contributed by atoms with Crippen LogP contribution in [0.2, 0.25) is 0 Å². The van der Waals surface area contributed by atoms with Gasteiger partial charge in [0.2, 0.25) is 0 Å². The number of pyridine rings is 1. The third-order valence-corrected chi connectivity index (χ3v) is 4.81. The molecule has 0 aliphatic carbocycles. The molecule has 6 heteroatoms. The van der Waals surface area contributed by atoms with Gasteiger partial charge in [0, 0.05) is 42.7 Å². The lowest BCUT2D eigenvalue weighted by atomic mass is 10.1. The molecule has 0 unspecified atom stereocenters. The van der Waals surface area contributed by atoms with Gasteiger partial charge in [0.25, 0.3) is 0 Å². The second-order valence-electron chi connectivity index (χ2n) is 7.07. The van der Waals surface area contributed by atoms with E-state index in [1.165, 1.54) is 6.42 Å². The summed E-state index contributed by atoms with van der Waals surface area (Å²) in [5.74, 6) is 1.97. The molecule has 3 aromatic rings. The molecule has 4 heterocycles. The Morgan fingerprint density at radius 3 is 2.73 bits per heavy atom. The number of likely N-dealkylation sites (tertiary alicyclic amines) is 1. The number of nitrogens with zero attached hydrogens (tertiary/aromatic N) is 5. The molecule has 0 spiro atoms. The molecule has 1 saturated heterocycles. The molecule has 0 aromatic carbocycles. The van der Waals surface area contributed by atoms with Gasteiger partial charge in [0.15, 0.2) is 5.82 Å². The Morgan fingerprint density at radius 2 is 2.04 bits per heavy atom. The summed E-state index contributed by atoms with van der Waals surface area (Å²) >= 11 is 0. The maximum absolute atomic E-state index is 5.49. The van der Waals surface area contributed by atoms with Crippen molar-refractivity contribution >= 4 is 0 Å². The standard InChI is InChI=1S/C20H23N5O/c1-14(2)19-10-17(24-26-19)18-7-5-9-25(18)13-15-11-22-20(23-12-15)16-6-3-4-8-21-16/h3-4,6,8,10-12,14,18H,5,7,9,13H2,1-2H3/t18-/m1/s1. The molecule has 0 radical (unpaired) electrons. The van der Waals surface area contributed by atoms with Crippen molar-refractivity contribution in [1.82, 2.24) is 25.0 Å². The molecule has 3 aromatic heterocycles. The van der Waals surface area contributed by atoms with Gasteiger partial charge in [0.05, 0.1) is 6.04 Å². The first-order chi connectivity index (χ1) is 12.7. The highest BCUT2D eigenvalue weighted by molar-refractivity contribution is 5.47. The Bertz CT molecular complexity index is 844. The summed E-state index contributed by atoms with van der Waals surface area (Å²) in [6, 6.07) is 8.16. The summed E-state index contributed by atoms with van der Waals surface area (Å²) in [6.45, 7) is 6.11. The van der Waals surface area contributed by atoms with E-state index in [1.54, 1.807) is 6.20 Å². The molecule has 4 rings (SSSR count). The van der Waals surface area contributed by atoms with Gasteiger partial charge in [-0.3, -0.25) is 9.88 Å². The molecule has 1 fully saturated rings. The molecule has 0 saturated carbocycles. The van der Waals surface area contributed by atoms with Gasteiger partial charge < -0.3 is 4.52 Å². The summed E-state index contributed by atoms with van der Waals surface area (Å²) in [6.07, 6.45) is 7.83. The van der Waals surface area contributed by atoms with E-state index in [0.29, 0.717) is 17.8 Å². The van der Waals surface area contributed by atoms with Crippen LogP contribution in [0.25, 0.3) is 11.5 Å². The maximum Gasteiger partial charge on any atom is 0.178 e. The van der Waals surface area contributed by atoms with Crippen molar-refractivity contribution in [1.29, 1.82) is 0 Å². The van der Waals surface area contributed by atoms with E-state index in [2.05, 4.69) is 44.9 Å². The lowest BCUT2D eigenvalue weighted by Gasteiger charge is -2.22. The zero-order valence-corrected chi connectivity index (χ0v) is 15.2. The molecule has 0 bridgehead atoms. The fraction of sp³-hybridized carbons (Fsp3) is 0.400. The van der Waals surface area contributed by atoms with E-state index >= 15 is 0 Å². The fourth-order valence-electron chi connectivity index (χ4n) is 3.38. The second-order valence-corrected chi connectivity index (χ2v) is 7.07. The van der Waals surface area contributed by atoms with Crippen molar-refractivity contribution in [2.45, 2.75) is 45.2 Å². The SMILES string of the molecule is CC(C)c1cc([C@H]2CCCN2Cc2cnc(-c3ccccn3)nc2)no1. The van der Waals surface area contributed by atoms with Gasteiger partial charge in [-0.25, -0.2) is 9.97 Å². The van der Waals surface area contributed by atoms with Crippen molar-refractivity contribution < 1.29 is 4.52 Å². The van der Waals surface area contributed by atoms with Crippen molar-refractivity contribution in [3.05, 3.63) is 59.9 Å². The molecule has 0 N–H and O–H groups in total. The van der Waals surface area contributed by atoms with Gasteiger partial charge >= 0.3 is 0 Å². The average Bonchev–Trinajstić information content (AvgIpc) is 3.32. The number of rotatable bonds is 5. The third kappa shape index (κ3) is 3.51. The van der Waals surface area contributed by atoms with Crippen LogP contribution in [0.1, 0.15) is 55.7 Å². The first-order valence-corrected chi connectivity index (χ1v) is 9.13. The largest absolute Gasteiger partial charge is 0.361 e. The summed E-state index contributed by atoms with van der Waals surface area (Å²) in [5, 5.41) is 4.31. The van der Waals surface area contributed by atoms with Gasteiger partial charge in [-0.2, -0.15) is 0 Å². The molecular weight excluding hydrogens is 326 g/mol. The van der Waals surface area contributed by atoms with Crippen LogP contribution in [0.15, 0.2) is 47.4 Å². The minimum absolute atomic E-state index is 0.307. The van der Waals surface area contributed by atoms with Crippen molar-refractivity contribution in [3.8, 4) is 11.5 Å². The molecule has 1 aliphatic heterocycles. The Kier molecular flexibility index (Phi) is 4.75. The van der Waals surface area contributed by atoms with Crippen LogP contribution in [0.3, 0.4) is 0 Å². The first kappa shape index (κ1) is 16.8.